The molecule has 0 bridgehead atoms. The minimum atomic E-state index is 0.101. The molecule has 2 aromatic rings. The van der Waals surface area contributed by atoms with E-state index in [9.17, 15) is 4.79 Å². The highest BCUT2D eigenvalue weighted by Crippen LogP contribution is 2.21. The summed E-state index contributed by atoms with van der Waals surface area (Å²) in [4.78, 5) is 20.7. The Kier molecular flexibility index (Phi) is 7.07. The van der Waals surface area contributed by atoms with Gasteiger partial charge in [0.25, 0.3) is 0 Å². The van der Waals surface area contributed by atoms with E-state index in [1.807, 2.05) is 41.3 Å². The number of pyridine rings is 1. The van der Waals surface area contributed by atoms with Crippen LogP contribution in [0.15, 0.2) is 42.6 Å². The molecule has 0 radical (unpaired) electrons. The first-order valence-electron chi connectivity index (χ1n) is 9.41. The summed E-state index contributed by atoms with van der Waals surface area (Å²) >= 11 is 5.93. The number of carbonyl (C=O) groups is 1. The number of aromatic nitrogens is 1. The number of hydrogen-bond acceptors (Lipinski definition) is 4. The molecule has 0 aliphatic carbocycles. The zero-order chi connectivity index (χ0) is 19.1. The van der Waals surface area contributed by atoms with Gasteiger partial charge in [0.2, 0.25) is 5.91 Å². The van der Waals surface area contributed by atoms with Crippen molar-refractivity contribution in [2.24, 2.45) is 0 Å². The molecule has 1 amide bonds. The zero-order valence-electron chi connectivity index (χ0n) is 15.7. The lowest BCUT2D eigenvalue weighted by Gasteiger charge is -2.26. The lowest BCUT2D eigenvalue weighted by Crippen LogP contribution is -2.33. The molecule has 6 heteroatoms. The number of para-hydroxylation sites is 1. The van der Waals surface area contributed by atoms with Gasteiger partial charge in [-0.25, -0.2) is 0 Å². The summed E-state index contributed by atoms with van der Waals surface area (Å²) in [6, 6.07) is 11.8. The first-order chi connectivity index (χ1) is 13.1. The number of amides is 1. The molecule has 3 rings (SSSR count). The molecule has 0 saturated carbocycles. The number of hydrogen-bond donors (Lipinski definition) is 0. The molecular formula is C21H26ClN3O2. The van der Waals surface area contributed by atoms with Crippen molar-refractivity contribution >= 4 is 17.5 Å². The van der Waals surface area contributed by atoms with E-state index >= 15 is 0 Å². The van der Waals surface area contributed by atoms with Crippen LogP contribution in [0.1, 0.15) is 31.0 Å². The fourth-order valence-electron chi connectivity index (χ4n) is 3.25. The van der Waals surface area contributed by atoms with Gasteiger partial charge in [-0.15, -0.1) is 0 Å². The maximum atomic E-state index is 12.0. The van der Waals surface area contributed by atoms with Crippen molar-refractivity contribution in [1.29, 1.82) is 0 Å². The fourth-order valence-corrected chi connectivity index (χ4v) is 3.36. The minimum Gasteiger partial charge on any atom is -0.492 e. The van der Waals surface area contributed by atoms with Crippen LogP contribution in [-0.2, 0) is 17.9 Å². The van der Waals surface area contributed by atoms with E-state index in [2.05, 4.69) is 9.88 Å². The Morgan fingerprint density at radius 3 is 2.74 bits per heavy atom. The molecule has 1 aliphatic rings. The van der Waals surface area contributed by atoms with Crippen LogP contribution >= 0.6 is 11.6 Å². The smallest absolute Gasteiger partial charge is 0.219 e. The van der Waals surface area contributed by atoms with Gasteiger partial charge in [-0.3, -0.25) is 14.7 Å². The average molecular weight is 388 g/mol. The second-order valence-corrected chi connectivity index (χ2v) is 7.28. The Labute approximate surface area is 165 Å². The van der Waals surface area contributed by atoms with Gasteiger partial charge in [-0.05, 0) is 37.6 Å². The fraction of sp³-hybridized carbons (Fsp3) is 0.429. The van der Waals surface area contributed by atoms with E-state index < -0.39 is 0 Å². The lowest BCUT2D eigenvalue weighted by atomic mass is 10.1. The number of fused-ring (bicyclic) bond motifs is 1. The van der Waals surface area contributed by atoms with Crippen LogP contribution in [-0.4, -0.2) is 46.9 Å². The zero-order valence-corrected chi connectivity index (χ0v) is 16.5. The van der Waals surface area contributed by atoms with Crippen molar-refractivity contribution < 1.29 is 9.53 Å². The van der Waals surface area contributed by atoms with Crippen LogP contribution in [0.2, 0.25) is 5.02 Å². The Hall–Kier alpha value is -2.11. The first-order valence-corrected chi connectivity index (χ1v) is 9.78. The van der Waals surface area contributed by atoms with Crippen molar-refractivity contribution in [3.8, 4) is 5.75 Å². The minimum absolute atomic E-state index is 0.101. The SMILES string of the molecule is CC(=O)N1CCCCN(Cc2ccc(Cl)cn2)CCOc2ccccc2C1. The molecule has 2 heterocycles. The van der Waals surface area contributed by atoms with Crippen molar-refractivity contribution in [2.45, 2.75) is 32.9 Å². The molecule has 144 valence electrons. The van der Waals surface area contributed by atoms with E-state index in [1.165, 1.54) is 0 Å². The van der Waals surface area contributed by atoms with Gasteiger partial charge in [0.15, 0.2) is 0 Å². The number of rotatable bonds is 2. The summed E-state index contributed by atoms with van der Waals surface area (Å²) in [6.07, 6.45) is 3.69. The molecule has 1 aliphatic heterocycles. The van der Waals surface area contributed by atoms with Crippen LogP contribution in [0.25, 0.3) is 0 Å². The monoisotopic (exact) mass is 387 g/mol. The lowest BCUT2D eigenvalue weighted by molar-refractivity contribution is -0.129. The van der Waals surface area contributed by atoms with Crippen LogP contribution in [0.3, 0.4) is 0 Å². The number of ether oxygens (including phenoxy) is 1. The van der Waals surface area contributed by atoms with Gasteiger partial charge in [-0.2, -0.15) is 0 Å². The third-order valence-electron chi connectivity index (χ3n) is 4.77. The molecule has 0 N–H and O–H groups in total. The summed E-state index contributed by atoms with van der Waals surface area (Å²) in [6.45, 7) is 6.13. The van der Waals surface area contributed by atoms with Gasteiger partial charge >= 0.3 is 0 Å². The molecular weight excluding hydrogens is 362 g/mol. The van der Waals surface area contributed by atoms with E-state index in [4.69, 9.17) is 16.3 Å². The molecule has 5 nitrogen and oxygen atoms in total. The van der Waals surface area contributed by atoms with Crippen molar-refractivity contribution in [1.82, 2.24) is 14.8 Å². The van der Waals surface area contributed by atoms with E-state index in [1.54, 1.807) is 13.1 Å². The Bertz CT molecular complexity index is 751. The third-order valence-corrected chi connectivity index (χ3v) is 4.99. The maximum Gasteiger partial charge on any atom is 0.219 e. The van der Waals surface area contributed by atoms with Crippen molar-refractivity contribution in [3.63, 3.8) is 0 Å². The van der Waals surface area contributed by atoms with Gasteiger partial charge < -0.3 is 9.64 Å². The standard InChI is InChI=1S/C21H26ClN3O2/c1-17(26)25-11-5-4-10-24(16-20-9-8-19(22)14-23-20)12-13-27-21-7-3-2-6-18(21)15-25/h2-3,6-9,14H,4-5,10-13,15-16H2,1H3. The second kappa shape index (κ2) is 9.72. The summed E-state index contributed by atoms with van der Waals surface area (Å²) in [7, 11) is 0. The number of carbonyl (C=O) groups excluding carboxylic acids is 1. The van der Waals surface area contributed by atoms with Crippen molar-refractivity contribution in [2.75, 3.05) is 26.2 Å². The van der Waals surface area contributed by atoms with Gasteiger partial charge in [-0.1, -0.05) is 29.8 Å². The molecule has 1 aromatic heterocycles. The Balaban J connectivity index is 1.71. The highest BCUT2D eigenvalue weighted by atomic mass is 35.5. The Morgan fingerprint density at radius 2 is 1.96 bits per heavy atom. The van der Waals surface area contributed by atoms with Crippen molar-refractivity contribution in [3.05, 3.63) is 58.9 Å². The number of nitrogens with zero attached hydrogens (tertiary/aromatic N) is 3. The summed E-state index contributed by atoms with van der Waals surface area (Å²) in [5.41, 5.74) is 2.05. The summed E-state index contributed by atoms with van der Waals surface area (Å²) in [5.74, 6) is 0.956. The first kappa shape index (κ1) is 19.6. The van der Waals surface area contributed by atoms with Gasteiger partial charge in [0.05, 0.1) is 10.7 Å². The molecule has 1 aromatic carbocycles. The normalized spacial score (nSPS) is 16.6. The topological polar surface area (TPSA) is 45.7 Å². The second-order valence-electron chi connectivity index (χ2n) is 6.85. The van der Waals surface area contributed by atoms with Gasteiger partial charge in [0, 0.05) is 44.9 Å². The van der Waals surface area contributed by atoms with Crippen LogP contribution in [0.5, 0.6) is 5.75 Å². The molecule has 0 atom stereocenters. The predicted molar refractivity (Wildman–Crippen MR) is 107 cm³/mol. The van der Waals surface area contributed by atoms with Crippen LogP contribution < -0.4 is 4.74 Å². The van der Waals surface area contributed by atoms with Crippen LogP contribution in [0.4, 0.5) is 0 Å². The van der Waals surface area contributed by atoms with E-state index in [0.717, 1.165) is 56.0 Å². The molecule has 0 unspecified atom stereocenters. The average Bonchev–Trinajstić information content (AvgIpc) is 2.65. The highest BCUT2D eigenvalue weighted by Gasteiger charge is 2.15. The Morgan fingerprint density at radius 1 is 1.15 bits per heavy atom. The molecule has 0 fully saturated rings. The third kappa shape index (κ3) is 5.94. The highest BCUT2D eigenvalue weighted by molar-refractivity contribution is 6.30. The van der Waals surface area contributed by atoms with E-state index in [0.29, 0.717) is 18.2 Å². The summed E-state index contributed by atoms with van der Waals surface area (Å²) in [5, 5.41) is 0.650. The van der Waals surface area contributed by atoms with Gasteiger partial charge in [0.1, 0.15) is 12.4 Å². The van der Waals surface area contributed by atoms with E-state index in [-0.39, 0.29) is 5.91 Å². The maximum absolute atomic E-state index is 12.0. The molecule has 0 saturated heterocycles. The molecule has 27 heavy (non-hydrogen) atoms. The predicted octanol–water partition coefficient (Wildman–Crippen LogP) is 3.76. The number of benzene rings is 1. The van der Waals surface area contributed by atoms with Crippen LogP contribution in [0, 0.1) is 0 Å². The molecule has 0 spiro atoms. The largest absolute Gasteiger partial charge is 0.492 e. The quantitative estimate of drug-likeness (QED) is 0.787. The summed E-state index contributed by atoms with van der Waals surface area (Å²) < 4.78 is 6.05. The number of halogens is 1.